The Morgan fingerprint density at radius 3 is 2.54 bits per heavy atom. The molecule has 1 fully saturated rings. The molecule has 4 aromatic rings. The summed E-state index contributed by atoms with van der Waals surface area (Å²) < 4.78 is 32.1. The zero-order valence-corrected chi connectivity index (χ0v) is 22.3. The summed E-state index contributed by atoms with van der Waals surface area (Å²) in [5, 5.41) is 0.796. The summed E-state index contributed by atoms with van der Waals surface area (Å²) in [6, 6.07) is 15.5. The number of pyridine rings is 1. The molecule has 192 valence electrons. The predicted octanol–water partition coefficient (Wildman–Crippen LogP) is 3.79. The van der Waals surface area contributed by atoms with Crippen molar-refractivity contribution in [1.82, 2.24) is 14.5 Å². The molecular formula is C28H32N6O2S. The number of rotatable bonds is 5. The number of nitrogens with zero attached hydrogens (tertiary/aromatic N) is 5. The second-order valence-electron chi connectivity index (χ2n) is 10.1. The second-order valence-corrected chi connectivity index (χ2v) is 11.8. The molecule has 2 aliphatic heterocycles. The average Bonchev–Trinajstić information content (AvgIpc) is 3.44. The number of fused-ring (bicyclic) bond motifs is 2. The molecule has 0 spiro atoms. The SMILES string of the molecule is CN1CCN(c2cccc(S(=O)(=O)Nc3ccnc4c3c(-c3ccc5c(c3)N(C)CC5)cn4C)c2)CC1. The summed E-state index contributed by atoms with van der Waals surface area (Å²) in [6.07, 6.45) is 4.72. The Balaban J connectivity index is 1.38. The van der Waals surface area contributed by atoms with E-state index in [9.17, 15) is 8.42 Å². The quantitative estimate of drug-likeness (QED) is 0.435. The van der Waals surface area contributed by atoms with Crippen LogP contribution in [0.5, 0.6) is 0 Å². The van der Waals surface area contributed by atoms with E-state index < -0.39 is 10.0 Å². The number of aromatic nitrogens is 2. The number of aryl methyl sites for hydroxylation is 1. The maximum absolute atomic E-state index is 13.6. The molecule has 1 saturated heterocycles. The molecule has 0 radical (unpaired) electrons. The first-order valence-electron chi connectivity index (χ1n) is 12.6. The standard InChI is InChI=1S/C28H32N6O2S/c1-31-13-15-34(16-14-31)22-5-4-6-23(18-22)37(35,36)30-25-9-11-29-28-27(25)24(19-33(28)3)21-8-7-20-10-12-32(2)26(20)17-21/h4-9,11,17-19H,10,12-16H2,1-3H3,(H,29,30). The van der Waals surface area contributed by atoms with Crippen molar-refractivity contribution in [3.05, 3.63) is 66.5 Å². The van der Waals surface area contributed by atoms with Crippen molar-refractivity contribution in [2.45, 2.75) is 11.3 Å². The fourth-order valence-corrected chi connectivity index (χ4v) is 6.54. The molecule has 8 nitrogen and oxygen atoms in total. The van der Waals surface area contributed by atoms with E-state index in [1.165, 1.54) is 11.3 Å². The highest BCUT2D eigenvalue weighted by molar-refractivity contribution is 7.92. The monoisotopic (exact) mass is 516 g/mol. The van der Waals surface area contributed by atoms with Crippen LogP contribution in [0.25, 0.3) is 22.2 Å². The molecule has 6 rings (SSSR count). The molecule has 0 atom stereocenters. The van der Waals surface area contributed by atoms with Crippen molar-refractivity contribution in [3.8, 4) is 11.1 Å². The van der Waals surface area contributed by atoms with Crippen LogP contribution < -0.4 is 14.5 Å². The lowest BCUT2D eigenvalue weighted by Crippen LogP contribution is -2.44. The van der Waals surface area contributed by atoms with Crippen LogP contribution in [-0.4, -0.2) is 69.7 Å². The maximum Gasteiger partial charge on any atom is 0.261 e. The number of hydrogen-bond donors (Lipinski definition) is 1. The van der Waals surface area contributed by atoms with Gasteiger partial charge in [-0.05, 0) is 54.9 Å². The summed E-state index contributed by atoms with van der Waals surface area (Å²) in [5.41, 5.74) is 6.75. The highest BCUT2D eigenvalue weighted by Crippen LogP contribution is 2.38. The second kappa shape index (κ2) is 9.08. The number of likely N-dealkylation sites (N-methyl/N-ethyl adjacent to an activating group) is 2. The van der Waals surface area contributed by atoms with E-state index in [1.807, 2.05) is 29.9 Å². The Morgan fingerprint density at radius 2 is 1.73 bits per heavy atom. The van der Waals surface area contributed by atoms with Crippen molar-refractivity contribution < 1.29 is 8.42 Å². The third-order valence-electron chi connectivity index (χ3n) is 7.62. The third-order valence-corrected chi connectivity index (χ3v) is 8.99. The lowest BCUT2D eigenvalue weighted by molar-refractivity contribution is 0.313. The molecule has 0 bridgehead atoms. The third kappa shape index (κ3) is 4.32. The van der Waals surface area contributed by atoms with Gasteiger partial charge < -0.3 is 19.3 Å². The van der Waals surface area contributed by atoms with Gasteiger partial charge in [0.15, 0.2) is 0 Å². The Bertz CT molecular complexity index is 1590. The van der Waals surface area contributed by atoms with Gasteiger partial charge in [0.2, 0.25) is 0 Å². The first-order valence-corrected chi connectivity index (χ1v) is 14.1. The van der Waals surface area contributed by atoms with Crippen LogP contribution in [-0.2, 0) is 23.5 Å². The van der Waals surface area contributed by atoms with Crippen molar-refractivity contribution in [3.63, 3.8) is 0 Å². The molecule has 0 amide bonds. The van der Waals surface area contributed by atoms with Crippen molar-refractivity contribution in [2.75, 3.05) is 61.3 Å². The molecule has 4 heterocycles. The van der Waals surface area contributed by atoms with Gasteiger partial charge in [-0.2, -0.15) is 0 Å². The minimum atomic E-state index is -3.82. The Labute approximate surface area is 218 Å². The minimum Gasteiger partial charge on any atom is -0.374 e. The molecule has 1 N–H and O–H groups in total. The lowest BCUT2D eigenvalue weighted by Gasteiger charge is -2.34. The molecule has 0 aliphatic carbocycles. The van der Waals surface area contributed by atoms with E-state index in [4.69, 9.17) is 0 Å². The van der Waals surface area contributed by atoms with Crippen LogP contribution in [0.4, 0.5) is 17.1 Å². The highest BCUT2D eigenvalue weighted by Gasteiger charge is 2.23. The van der Waals surface area contributed by atoms with Gasteiger partial charge in [0.1, 0.15) is 5.65 Å². The summed E-state index contributed by atoms with van der Waals surface area (Å²) in [7, 11) is 2.34. The number of sulfonamides is 1. The first-order chi connectivity index (χ1) is 17.8. The largest absolute Gasteiger partial charge is 0.374 e. The Morgan fingerprint density at radius 1 is 0.919 bits per heavy atom. The van der Waals surface area contributed by atoms with Crippen LogP contribution in [0.2, 0.25) is 0 Å². The summed E-state index contributed by atoms with van der Waals surface area (Å²) >= 11 is 0. The minimum absolute atomic E-state index is 0.255. The van der Waals surface area contributed by atoms with Gasteiger partial charge in [0.05, 0.1) is 16.0 Å². The number of anilines is 3. The maximum atomic E-state index is 13.6. The number of hydrogen-bond acceptors (Lipinski definition) is 6. The van der Waals surface area contributed by atoms with Crippen LogP contribution in [0.1, 0.15) is 5.56 Å². The fraction of sp³-hybridized carbons (Fsp3) is 0.321. The number of piperazine rings is 1. The van der Waals surface area contributed by atoms with Crippen molar-refractivity contribution in [1.29, 1.82) is 0 Å². The molecule has 9 heteroatoms. The predicted molar refractivity (Wildman–Crippen MR) is 150 cm³/mol. The van der Waals surface area contributed by atoms with Crippen LogP contribution in [0, 0.1) is 0 Å². The highest BCUT2D eigenvalue weighted by atomic mass is 32.2. The number of nitrogens with one attached hydrogen (secondary N) is 1. The first kappa shape index (κ1) is 23.8. The molecule has 37 heavy (non-hydrogen) atoms. The van der Waals surface area contributed by atoms with Crippen LogP contribution in [0.15, 0.2) is 65.8 Å². The van der Waals surface area contributed by atoms with Crippen LogP contribution in [0.3, 0.4) is 0 Å². The van der Waals surface area contributed by atoms with Gasteiger partial charge in [-0.1, -0.05) is 18.2 Å². The summed E-state index contributed by atoms with van der Waals surface area (Å²) in [5.74, 6) is 0. The molecule has 0 unspecified atom stereocenters. The Kier molecular flexibility index (Phi) is 5.84. The van der Waals surface area contributed by atoms with Gasteiger partial charge >= 0.3 is 0 Å². The van der Waals surface area contributed by atoms with Gasteiger partial charge in [0.25, 0.3) is 10.0 Å². The van der Waals surface area contributed by atoms with E-state index in [1.54, 1.807) is 24.4 Å². The average molecular weight is 517 g/mol. The van der Waals surface area contributed by atoms with E-state index >= 15 is 0 Å². The zero-order valence-electron chi connectivity index (χ0n) is 21.5. The van der Waals surface area contributed by atoms with Crippen molar-refractivity contribution >= 4 is 38.1 Å². The molecular weight excluding hydrogens is 484 g/mol. The fourth-order valence-electron chi connectivity index (χ4n) is 5.43. The Hall–Kier alpha value is -3.56. The molecule has 2 aromatic carbocycles. The molecule has 0 saturated carbocycles. The molecule has 2 aromatic heterocycles. The topological polar surface area (TPSA) is 73.7 Å². The smallest absolute Gasteiger partial charge is 0.261 e. The van der Waals surface area contributed by atoms with Crippen LogP contribution >= 0.6 is 0 Å². The molecule has 2 aliphatic rings. The van der Waals surface area contributed by atoms with Gasteiger partial charge in [-0.3, -0.25) is 4.72 Å². The normalized spacial score (nSPS) is 16.4. The summed E-state index contributed by atoms with van der Waals surface area (Å²) in [4.78, 5) is 11.6. The zero-order chi connectivity index (χ0) is 25.7. The van der Waals surface area contributed by atoms with Gasteiger partial charge in [-0.15, -0.1) is 0 Å². The van der Waals surface area contributed by atoms with E-state index in [0.717, 1.165) is 67.0 Å². The van der Waals surface area contributed by atoms with E-state index in [-0.39, 0.29) is 4.90 Å². The van der Waals surface area contributed by atoms with Crippen molar-refractivity contribution in [2.24, 2.45) is 7.05 Å². The number of benzene rings is 2. The van der Waals surface area contributed by atoms with Gasteiger partial charge in [0, 0.05) is 76.2 Å². The summed E-state index contributed by atoms with van der Waals surface area (Å²) in [6.45, 7) is 4.68. The van der Waals surface area contributed by atoms with E-state index in [0.29, 0.717) is 5.69 Å². The lowest BCUT2D eigenvalue weighted by atomic mass is 10.0. The van der Waals surface area contributed by atoms with Gasteiger partial charge in [-0.25, -0.2) is 13.4 Å². The van der Waals surface area contributed by atoms with E-state index in [2.05, 4.69) is 56.7 Å².